The number of hydrogen-bond donors (Lipinski definition) is 1. The van der Waals surface area contributed by atoms with E-state index in [4.69, 9.17) is 9.84 Å². The van der Waals surface area contributed by atoms with Gasteiger partial charge in [0.15, 0.2) is 5.16 Å². The Morgan fingerprint density at radius 1 is 1.61 bits per heavy atom. The number of hydrogen-bond acceptors (Lipinski definition) is 5. The molecule has 1 fully saturated rings. The topological polar surface area (TPSA) is 77.2 Å². The summed E-state index contributed by atoms with van der Waals surface area (Å²) in [6.07, 6.45) is 1.85. The first kappa shape index (κ1) is 13.4. The van der Waals surface area contributed by atoms with Crippen molar-refractivity contribution in [3.8, 4) is 0 Å². The third-order valence-corrected chi connectivity index (χ3v) is 3.85. The van der Waals surface area contributed by atoms with Gasteiger partial charge in [-0.05, 0) is 6.42 Å². The Bertz CT molecular complexity index is 416. The first-order valence-electron chi connectivity index (χ1n) is 6.05. The summed E-state index contributed by atoms with van der Waals surface area (Å²) in [6, 6.07) is 0. The van der Waals surface area contributed by atoms with Crippen LogP contribution in [0.2, 0.25) is 0 Å². The van der Waals surface area contributed by atoms with Gasteiger partial charge in [0.25, 0.3) is 0 Å². The van der Waals surface area contributed by atoms with Gasteiger partial charge in [-0.3, -0.25) is 4.79 Å². The number of carbonyl (C=O) groups is 1. The second-order valence-electron chi connectivity index (χ2n) is 4.27. The Kier molecular flexibility index (Phi) is 4.60. The zero-order valence-corrected chi connectivity index (χ0v) is 11.2. The number of ether oxygens (including phenoxy) is 1. The van der Waals surface area contributed by atoms with Crippen molar-refractivity contribution >= 4 is 17.7 Å². The molecule has 2 heterocycles. The van der Waals surface area contributed by atoms with Crippen molar-refractivity contribution in [1.82, 2.24) is 14.8 Å². The van der Waals surface area contributed by atoms with Crippen LogP contribution in [0.3, 0.4) is 0 Å². The van der Waals surface area contributed by atoms with Crippen molar-refractivity contribution < 1.29 is 14.6 Å². The standard InChI is InChI=1S/C11H17N3O3S/c1-2-9-12-13-11(18-7-10(15)16)14(9)5-8-3-4-17-6-8/h8H,2-7H2,1H3,(H,15,16). The quantitative estimate of drug-likeness (QED) is 0.779. The zero-order chi connectivity index (χ0) is 13.0. The van der Waals surface area contributed by atoms with Crippen molar-refractivity contribution in [3.05, 3.63) is 5.82 Å². The SMILES string of the molecule is CCc1nnc(SCC(=O)O)n1CC1CCOC1. The molecule has 1 unspecified atom stereocenters. The second kappa shape index (κ2) is 6.19. The number of nitrogens with zero attached hydrogens (tertiary/aromatic N) is 3. The van der Waals surface area contributed by atoms with Gasteiger partial charge in [-0.1, -0.05) is 18.7 Å². The lowest BCUT2D eigenvalue weighted by molar-refractivity contribution is -0.133. The van der Waals surface area contributed by atoms with Gasteiger partial charge in [-0.25, -0.2) is 0 Å². The van der Waals surface area contributed by atoms with Gasteiger partial charge < -0.3 is 14.4 Å². The Labute approximate surface area is 110 Å². The summed E-state index contributed by atoms with van der Waals surface area (Å²) in [6.45, 7) is 4.42. The van der Waals surface area contributed by atoms with Crippen molar-refractivity contribution in [1.29, 1.82) is 0 Å². The molecule has 1 N–H and O–H groups in total. The molecule has 100 valence electrons. The molecule has 1 saturated heterocycles. The van der Waals surface area contributed by atoms with Crippen LogP contribution in [0.4, 0.5) is 0 Å². The first-order valence-corrected chi connectivity index (χ1v) is 7.03. The van der Waals surface area contributed by atoms with Gasteiger partial charge >= 0.3 is 5.97 Å². The monoisotopic (exact) mass is 271 g/mol. The summed E-state index contributed by atoms with van der Waals surface area (Å²) in [4.78, 5) is 10.6. The minimum absolute atomic E-state index is 0.0169. The molecule has 0 aliphatic carbocycles. The Hall–Kier alpha value is -1.08. The van der Waals surface area contributed by atoms with Crippen LogP contribution in [0.15, 0.2) is 5.16 Å². The fourth-order valence-electron chi connectivity index (χ4n) is 1.98. The number of aromatic nitrogens is 3. The third kappa shape index (κ3) is 3.23. The number of carboxylic acids is 1. The second-order valence-corrected chi connectivity index (χ2v) is 5.22. The summed E-state index contributed by atoms with van der Waals surface area (Å²) >= 11 is 1.22. The van der Waals surface area contributed by atoms with Gasteiger partial charge in [0, 0.05) is 25.5 Å². The summed E-state index contributed by atoms with van der Waals surface area (Å²) in [5, 5.41) is 17.6. The lowest BCUT2D eigenvalue weighted by Crippen LogP contribution is -2.14. The molecule has 2 rings (SSSR count). The molecule has 0 bridgehead atoms. The van der Waals surface area contributed by atoms with Gasteiger partial charge in [0.2, 0.25) is 0 Å². The molecular formula is C11H17N3O3S. The molecule has 6 nitrogen and oxygen atoms in total. The number of aryl methyl sites for hydroxylation is 1. The van der Waals surface area contributed by atoms with E-state index in [1.807, 2.05) is 11.5 Å². The van der Waals surface area contributed by atoms with E-state index in [-0.39, 0.29) is 5.75 Å². The normalized spacial score (nSPS) is 19.3. The summed E-state index contributed by atoms with van der Waals surface area (Å²) in [5.41, 5.74) is 0. The average molecular weight is 271 g/mol. The van der Waals surface area contributed by atoms with Crippen LogP contribution < -0.4 is 0 Å². The van der Waals surface area contributed by atoms with E-state index in [9.17, 15) is 4.79 Å². The fourth-order valence-corrected chi connectivity index (χ4v) is 2.67. The van der Waals surface area contributed by atoms with Crippen molar-refractivity contribution in [2.24, 2.45) is 5.92 Å². The number of thioether (sulfide) groups is 1. The van der Waals surface area contributed by atoms with Crippen LogP contribution >= 0.6 is 11.8 Å². The lowest BCUT2D eigenvalue weighted by atomic mass is 10.1. The van der Waals surface area contributed by atoms with E-state index in [2.05, 4.69) is 10.2 Å². The first-order chi connectivity index (χ1) is 8.70. The molecule has 1 aliphatic rings. The van der Waals surface area contributed by atoms with Crippen LogP contribution in [0.1, 0.15) is 19.2 Å². The van der Waals surface area contributed by atoms with Crippen molar-refractivity contribution in [2.45, 2.75) is 31.5 Å². The Morgan fingerprint density at radius 3 is 3.06 bits per heavy atom. The highest BCUT2D eigenvalue weighted by Crippen LogP contribution is 2.22. The Balaban J connectivity index is 2.08. The number of aliphatic carboxylic acids is 1. The largest absolute Gasteiger partial charge is 0.481 e. The molecule has 0 spiro atoms. The number of rotatable bonds is 6. The molecule has 1 aromatic rings. The summed E-state index contributed by atoms with van der Waals surface area (Å²) in [7, 11) is 0. The maximum atomic E-state index is 10.6. The van der Waals surface area contributed by atoms with Gasteiger partial charge in [0.1, 0.15) is 5.82 Å². The molecule has 1 aliphatic heterocycles. The smallest absolute Gasteiger partial charge is 0.313 e. The lowest BCUT2D eigenvalue weighted by Gasteiger charge is -2.12. The fraction of sp³-hybridized carbons (Fsp3) is 0.727. The third-order valence-electron chi connectivity index (χ3n) is 2.90. The van der Waals surface area contributed by atoms with E-state index >= 15 is 0 Å². The highest BCUT2D eigenvalue weighted by Gasteiger charge is 2.20. The summed E-state index contributed by atoms with van der Waals surface area (Å²) < 4.78 is 7.40. The van der Waals surface area contributed by atoms with Crippen molar-refractivity contribution in [2.75, 3.05) is 19.0 Å². The molecule has 7 heteroatoms. The highest BCUT2D eigenvalue weighted by atomic mass is 32.2. The predicted octanol–water partition coefficient (Wildman–Crippen LogP) is 1.05. The summed E-state index contributed by atoms with van der Waals surface area (Å²) in [5.74, 6) is 0.574. The van der Waals surface area contributed by atoms with E-state index < -0.39 is 5.97 Å². The average Bonchev–Trinajstić information content (AvgIpc) is 2.97. The Morgan fingerprint density at radius 2 is 2.44 bits per heavy atom. The van der Waals surface area contributed by atoms with E-state index in [0.717, 1.165) is 38.4 Å². The predicted molar refractivity (Wildman–Crippen MR) is 66.7 cm³/mol. The minimum atomic E-state index is -0.836. The maximum absolute atomic E-state index is 10.6. The molecule has 1 aromatic heterocycles. The van der Waals surface area contributed by atoms with Crippen LogP contribution in [0.25, 0.3) is 0 Å². The van der Waals surface area contributed by atoms with Gasteiger partial charge in [-0.15, -0.1) is 10.2 Å². The van der Waals surface area contributed by atoms with Gasteiger partial charge in [0.05, 0.1) is 12.4 Å². The molecule has 0 radical (unpaired) electrons. The van der Waals surface area contributed by atoms with E-state index in [0.29, 0.717) is 11.1 Å². The number of carboxylic acid groups (broad SMARTS) is 1. The molecule has 18 heavy (non-hydrogen) atoms. The van der Waals surface area contributed by atoms with E-state index in [1.165, 1.54) is 11.8 Å². The molecule has 0 aromatic carbocycles. The minimum Gasteiger partial charge on any atom is -0.481 e. The molecular weight excluding hydrogens is 254 g/mol. The highest BCUT2D eigenvalue weighted by molar-refractivity contribution is 7.99. The maximum Gasteiger partial charge on any atom is 0.313 e. The molecule has 0 amide bonds. The van der Waals surface area contributed by atoms with Gasteiger partial charge in [-0.2, -0.15) is 0 Å². The van der Waals surface area contributed by atoms with E-state index in [1.54, 1.807) is 0 Å². The zero-order valence-electron chi connectivity index (χ0n) is 10.3. The van der Waals surface area contributed by atoms with Crippen LogP contribution in [-0.2, 0) is 22.5 Å². The van der Waals surface area contributed by atoms with Crippen LogP contribution in [0.5, 0.6) is 0 Å². The van der Waals surface area contributed by atoms with Crippen LogP contribution in [0, 0.1) is 5.92 Å². The molecule has 0 saturated carbocycles. The molecule has 1 atom stereocenters. The van der Waals surface area contributed by atoms with Crippen LogP contribution in [-0.4, -0.2) is 44.8 Å². The van der Waals surface area contributed by atoms with Crippen molar-refractivity contribution in [3.63, 3.8) is 0 Å².